The fourth-order valence-electron chi connectivity index (χ4n) is 2.29. The summed E-state index contributed by atoms with van der Waals surface area (Å²) >= 11 is 0. The van der Waals surface area contributed by atoms with Crippen LogP contribution in [0.1, 0.15) is 50.0 Å². The summed E-state index contributed by atoms with van der Waals surface area (Å²) in [5.41, 5.74) is 1.23. The molecule has 82 valence electrons. The molecule has 1 aromatic rings. The van der Waals surface area contributed by atoms with E-state index in [1.165, 1.54) is 31.4 Å². The Bertz CT molecular complexity index is 330. The van der Waals surface area contributed by atoms with E-state index < -0.39 is 0 Å². The first kappa shape index (κ1) is 10.4. The molecule has 15 heavy (non-hydrogen) atoms. The van der Waals surface area contributed by atoms with Gasteiger partial charge in [-0.05, 0) is 26.7 Å². The normalized spacial score (nSPS) is 16.9. The van der Waals surface area contributed by atoms with Gasteiger partial charge < -0.3 is 5.32 Å². The molecule has 3 nitrogen and oxygen atoms in total. The summed E-state index contributed by atoms with van der Waals surface area (Å²) in [5.74, 6) is 2.53. The third kappa shape index (κ3) is 2.46. The number of nitrogens with one attached hydrogen (secondary N) is 1. The van der Waals surface area contributed by atoms with E-state index in [9.17, 15) is 0 Å². The van der Waals surface area contributed by atoms with Crippen molar-refractivity contribution in [3.63, 3.8) is 0 Å². The Morgan fingerprint density at radius 1 is 1.33 bits per heavy atom. The van der Waals surface area contributed by atoms with Crippen molar-refractivity contribution in [2.75, 3.05) is 11.9 Å². The third-order valence-electron chi connectivity index (χ3n) is 2.99. The van der Waals surface area contributed by atoms with Crippen molar-refractivity contribution in [1.82, 2.24) is 9.97 Å². The first-order valence-electron chi connectivity index (χ1n) is 5.89. The molecule has 0 saturated heterocycles. The Balaban J connectivity index is 2.22. The maximum Gasteiger partial charge on any atom is 0.129 e. The molecule has 3 heteroatoms. The van der Waals surface area contributed by atoms with Gasteiger partial charge in [-0.25, -0.2) is 9.97 Å². The first-order chi connectivity index (χ1) is 7.29. The molecular formula is C12H19N3. The van der Waals surface area contributed by atoms with Crippen molar-refractivity contribution in [3.05, 3.63) is 17.6 Å². The summed E-state index contributed by atoms with van der Waals surface area (Å²) < 4.78 is 0. The van der Waals surface area contributed by atoms with E-state index in [1.54, 1.807) is 0 Å². The molecule has 1 saturated carbocycles. The average Bonchev–Trinajstić information content (AvgIpc) is 2.70. The molecular weight excluding hydrogens is 186 g/mol. The Labute approximate surface area is 91.3 Å². The van der Waals surface area contributed by atoms with E-state index in [4.69, 9.17) is 0 Å². The van der Waals surface area contributed by atoms with Crippen LogP contribution in [0.4, 0.5) is 5.82 Å². The van der Waals surface area contributed by atoms with Crippen LogP contribution < -0.4 is 5.32 Å². The lowest BCUT2D eigenvalue weighted by molar-refractivity contribution is 0.689. The number of hydrogen-bond donors (Lipinski definition) is 1. The molecule has 0 amide bonds. The van der Waals surface area contributed by atoms with Gasteiger partial charge in [-0.2, -0.15) is 0 Å². The van der Waals surface area contributed by atoms with Crippen LogP contribution in [-0.2, 0) is 0 Å². The molecule has 0 aliphatic heterocycles. The zero-order valence-electron chi connectivity index (χ0n) is 9.58. The van der Waals surface area contributed by atoms with Gasteiger partial charge in [-0.3, -0.25) is 0 Å². The number of aromatic nitrogens is 2. The van der Waals surface area contributed by atoms with Gasteiger partial charge in [0.05, 0.1) is 0 Å². The molecule has 1 aliphatic rings. The van der Waals surface area contributed by atoms with Crippen LogP contribution in [0, 0.1) is 6.92 Å². The highest BCUT2D eigenvalue weighted by molar-refractivity contribution is 5.37. The SMILES string of the molecule is CCNc1cc(C2CCCC2)nc(C)n1. The molecule has 1 N–H and O–H groups in total. The van der Waals surface area contributed by atoms with Crippen LogP contribution in [0.2, 0.25) is 0 Å². The predicted molar refractivity (Wildman–Crippen MR) is 62.1 cm³/mol. The lowest BCUT2D eigenvalue weighted by Crippen LogP contribution is -2.05. The summed E-state index contributed by atoms with van der Waals surface area (Å²) in [6.07, 6.45) is 5.29. The highest BCUT2D eigenvalue weighted by Gasteiger charge is 2.19. The minimum Gasteiger partial charge on any atom is -0.370 e. The van der Waals surface area contributed by atoms with Gasteiger partial charge in [-0.15, -0.1) is 0 Å². The number of hydrogen-bond acceptors (Lipinski definition) is 3. The summed E-state index contributed by atoms with van der Waals surface area (Å²) in [5, 5.41) is 3.26. The fraction of sp³-hybridized carbons (Fsp3) is 0.667. The second kappa shape index (κ2) is 4.60. The van der Waals surface area contributed by atoms with E-state index in [0.29, 0.717) is 5.92 Å². The van der Waals surface area contributed by atoms with Crippen LogP contribution in [0.3, 0.4) is 0 Å². The second-order valence-corrected chi connectivity index (χ2v) is 4.24. The number of rotatable bonds is 3. The predicted octanol–water partition coefficient (Wildman–Crippen LogP) is 2.87. The zero-order chi connectivity index (χ0) is 10.7. The molecule has 0 atom stereocenters. The fourth-order valence-corrected chi connectivity index (χ4v) is 2.29. The topological polar surface area (TPSA) is 37.8 Å². The summed E-state index contributed by atoms with van der Waals surface area (Å²) in [6, 6.07) is 2.12. The molecule has 1 heterocycles. The van der Waals surface area contributed by atoms with Gasteiger partial charge in [0, 0.05) is 24.2 Å². The Morgan fingerprint density at radius 2 is 2.07 bits per heavy atom. The van der Waals surface area contributed by atoms with Crippen LogP contribution in [0.5, 0.6) is 0 Å². The van der Waals surface area contributed by atoms with Gasteiger partial charge in [0.25, 0.3) is 0 Å². The smallest absolute Gasteiger partial charge is 0.129 e. The van der Waals surface area contributed by atoms with Crippen molar-refractivity contribution >= 4 is 5.82 Å². The molecule has 1 aromatic heterocycles. The van der Waals surface area contributed by atoms with Gasteiger partial charge in [0.15, 0.2) is 0 Å². The molecule has 0 bridgehead atoms. The van der Waals surface area contributed by atoms with E-state index in [2.05, 4.69) is 28.3 Å². The molecule has 1 aliphatic carbocycles. The monoisotopic (exact) mass is 205 g/mol. The third-order valence-corrected chi connectivity index (χ3v) is 2.99. The summed E-state index contributed by atoms with van der Waals surface area (Å²) in [7, 11) is 0. The van der Waals surface area contributed by atoms with Crippen molar-refractivity contribution < 1.29 is 0 Å². The van der Waals surface area contributed by atoms with Gasteiger partial charge >= 0.3 is 0 Å². The maximum absolute atomic E-state index is 4.55. The van der Waals surface area contributed by atoms with Gasteiger partial charge in [0.1, 0.15) is 11.6 Å². The molecule has 0 spiro atoms. The van der Waals surface area contributed by atoms with E-state index in [1.807, 2.05) is 6.92 Å². The van der Waals surface area contributed by atoms with Crippen molar-refractivity contribution in [2.45, 2.75) is 45.4 Å². The summed E-state index contributed by atoms with van der Waals surface area (Å²) in [6.45, 7) is 4.98. The Kier molecular flexibility index (Phi) is 3.19. The van der Waals surface area contributed by atoms with Crippen molar-refractivity contribution in [1.29, 1.82) is 0 Å². The molecule has 0 radical (unpaired) electrons. The van der Waals surface area contributed by atoms with Crippen LogP contribution >= 0.6 is 0 Å². The molecule has 0 aromatic carbocycles. The zero-order valence-corrected chi connectivity index (χ0v) is 9.58. The Hall–Kier alpha value is -1.12. The van der Waals surface area contributed by atoms with E-state index in [-0.39, 0.29) is 0 Å². The second-order valence-electron chi connectivity index (χ2n) is 4.24. The number of nitrogens with zero attached hydrogens (tertiary/aromatic N) is 2. The minimum absolute atomic E-state index is 0.670. The highest BCUT2D eigenvalue weighted by atomic mass is 15.0. The highest BCUT2D eigenvalue weighted by Crippen LogP contribution is 2.33. The van der Waals surface area contributed by atoms with Crippen molar-refractivity contribution in [3.8, 4) is 0 Å². The quantitative estimate of drug-likeness (QED) is 0.824. The van der Waals surface area contributed by atoms with Crippen LogP contribution in [0.15, 0.2) is 6.07 Å². The van der Waals surface area contributed by atoms with Crippen molar-refractivity contribution in [2.24, 2.45) is 0 Å². The molecule has 0 unspecified atom stereocenters. The van der Waals surface area contributed by atoms with Gasteiger partial charge in [0.2, 0.25) is 0 Å². The van der Waals surface area contributed by atoms with Crippen LogP contribution in [-0.4, -0.2) is 16.5 Å². The lowest BCUT2D eigenvalue weighted by atomic mass is 10.0. The van der Waals surface area contributed by atoms with E-state index in [0.717, 1.165) is 18.2 Å². The minimum atomic E-state index is 0.670. The standard InChI is InChI=1S/C12H19N3/c1-3-13-12-8-11(14-9(2)15-12)10-6-4-5-7-10/h8,10H,3-7H2,1-2H3,(H,13,14,15). The summed E-state index contributed by atoms with van der Waals surface area (Å²) in [4.78, 5) is 8.92. The average molecular weight is 205 g/mol. The molecule has 2 rings (SSSR count). The molecule has 1 fully saturated rings. The first-order valence-corrected chi connectivity index (χ1v) is 5.89. The van der Waals surface area contributed by atoms with Gasteiger partial charge in [-0.1, -0.05) is 12.8 Å². The number of aryl methyl sites for hydroxylation is 1. The van der Waals surface area contributed by atoms with E-state index >= 15 is 0 Å². The Morgan fingerprint density at radius 3 is 2.73 bits per heavy atom. The van der Waals surface area contributed by atoms with Crippen LogP contribution in [0.25, 0.3) is 0 Å². The largest absolute Gasteiger partial charge is 0.370 e. The number of anilines is 1. The lowest BCUT2D eigenvalue weighted by Gasteiger charge is -2.11. The maximum atomic E-state index is 4.55.